The normalized spacial score (nSPS) is 34.4. The van der Waals surface area contributed by atoms with Crippen molar-refractivity contribution in [2.45, 2.75) is 30.6 Å². The molecule has 10 heteroatoms. The molecule has 0 aromatic heterocycles. The number of hydrogen-bond donors (Lipinski definition) is 6. The van der Waals surface area contributed by atoms with E-state index in [1.54, 1.807) is 0 Å². The highest BCUT2D eigenvalue weighted by Gasteiger charge is 2.66. The van der Waals surface area contributed by atoms with Crippen molar-refractivity contribution in [3.05, 3.63) is 46.2 Å². The second-order valence-corrected chi connectivity index (χ2v) is 8.96. The van der Waals surface area contributed by atoms with Gasteiger partial charge in [-0.25, -0.2) is 0 Å². The van der Waals surface area contributed by atoms with Gasteiger partial charge in [-0.15, -0.1) is 0 Å². The van der Waals surface area contributed by atoms with Crippen LogP contribution in [0.5, 0.6) is 5.75 Å². The fourth-order valence-electron chi connectivity index (χ4n) is 5.50. The number of Topliss-reactive ketones (excluding diaryl/α,β-unsaturated/α-hetero) is 2. The molecule has 5 atom stereocenters. The fourth-order valence-corrected chi connectivity index (χ4v) is 5.50. The van der Waals surface area contributed by atoms with E-state index >= 15 is 0 Å². The number of nitrogens with two attached hydrogens (primary N) is 1. The Morgan fingerprint density at radius 1 is 1.16 bits per heavy atom. The van der Waals surface area contributed by atoms with Crippen LogP contribution in [0.15, 0.2) is 35.1 Å². The molecular weight excluding hydrogens is 420 g/mol. The Balaban J connectivity index is 2.05. The zero-order valence-electron chi connectivity index (χ0n) is 17.7. The van der Waals surface area contributed by atoms with Crippen molar-refractivity contribution in [2.24, 2.45) is 17.6 Å². The van der Waals surface area contributed by atoms with E-state index in [1.165, 1.54) is 44.1 Å². The van der Waals surface area contributed by atoms with Crippen molar-refractivity contribution < 1.29 is 39.9 Å². The molecule has 0 radical (unpaired) electrons. The number of nitrogens with zero attached hydrogens (tertiary/aromatic N) is 1. The van der Waals surface area contributed by atoms with E-state index in [4.69, 9.17) is 5.73 Å². The molecule has 10 nitrogen and oxygen atoms in total. The monoisotopic (exact) mass is 444 g/mol. The van der Waals surface area contributed by atoms with E-state index in [1.807, 2.05) is 0 Å². The summed E-state index contributed by atoms with van der Waals surface area (Å²) in [6.07, 6.45) is -0.200. The van der Waals surface area contributed by atoms with Gasteiger partial charge < -0.3 is 31.3 Å². The third kappa shape index (κ3) is 2.48. The lowest BCUT2D eigenvalue weighted by Crippen LogP contribution is -2.67. The largest absolute Gasteiger partial charge is 0.508 e. The van der Waals surface area contributed by atoms with Crippen LogP contribution in [0, 0.1) is 11.8 Å². The summed E-state index contributed by atoms with van der Waals surface area (Å²) in [5.74, 6) is -7.90. The number of aliphatic hydroxyl groups is 4. The molecule has 7 N–H and O–H groups in total. The van der Waals surface area contributed by atoms with Gasteiger partial charge in [-0.2, -0.15) is 0 Å². The number of primary amides is 1. The van der Waals surface area contributed by atoms with Crippen molar-refractivity contribution in [1.29, 1.82) is 0 Å². The molecular formula is C22H24N2O8. The molecule has 1 aromatic carbocycles. The minimum absolute atomic E-state index is 0.170. The molecule has 0 bridgehead atoms. The minimum Gasteiger partial charge on any atom is -0.508 e. The molecule has 4 unspecified atom stereocenters. The lowest BCUT2D eigenvalue weighted by molar-refractivity contribution is -0.159. The lowest BCUT2D eigenvalue weighted by atomic mass is 9.54. The van der Waals surface area contributed by atoms with Crippen molar-refractivity contribution in [3.8, 4) is 5.75 Å². The van der Waals surface area contributed by atoms with Gasteiger partial charge in [0.2, 0.25) is 5.78 Å². The standard InChI is InChI=1S/C22H24N2O8/c1-21(31)8-5-4-6-11(25)12(8)16(26)13-9(21)7-10-15(24(2)3)17(27)14(20(23)30)19(29)22(10,32)18(13)28/h4-6,9-10,15,25-26,29,31-32H,7H2,1-3H3,(H2,23,30)/t9?,10?,15-,21?,22?/m0/s1. The number of ketones is 2. The summed E-state index contributed by atoms with van der Waals surface area (Å²) in [5, 5.41) is 54.9. The molecule has 170 valence electrons. The Kier molecular flexibility index (Phi) is 4.57. The Labute approximate surface area is 182 Å². The highest BCUT2D eigenvalue weighted by atomic mass is 16.3. The number of hydrogen-bond acceptors (Lipinski definition) is 9. The summed E-state index contributed by atoms with van der Waals surface area (Å²) in [6.45, 7) is 1.40. The molecule has 0 spiro atoms. The lowest BCUT2D eigenvalue weighted by Gasteiger charge is -2.53. The van der Waals surface area contributed by atoms with Gasteiger partial charge in [0, 0.05) is 17.4 Å². The summed E-state index contributed by atoms with van der Waals surface area (Å²) in [4.78, 5) is 40.0. The van der Waals surface area contributed by atoms with Crippen molar-refractivity contribution in [1.82, 2.24) is 4.90 Å². The third-order valence-electron chi connectivity index (χ3n) is 7.02. The van der Waals surface area contributed by atoms with E-state index in [9.17, 15) is 39.9 Å². The van der Waals surface area contributed by atoms with Gasteiger partial charge in [0.15, 0.2) is 11.4 Å². The maximum absolute atomic E-state index is 13.7. The molecule has 1 aromatic rings. The fraction of sp³-hybridized carbons (Fsp3) is 0.409. The van der Waals surface area contributed by atoms with Crippen LogP contribution in [0.2, 0.25) is 0 Å². The quantitative estimate of drug-likeness (QED) is 0.332. The van der Waals surface area contributed by atoms with E-state index in [0.717, 1.165) is 0 Å². The van der Waals surface area contributed by atoms with Crippen molar-refractivity contribution in [2.75, 3.05) is 14.1 Å². The number of amides is 1. The summed E-state index contributed by atoms with van der Waals surface area (Å²) in [7, 11) is 3.01. The summed E-state index contributed by atoms with van der Waals surface area (Å²) >= 11 is 0. The van der Waals surface area contributed by atoms with E-state index < -0.39 is 75.0 Å². The number of aliphatic hydroxyl groups excluding tert-OH is 2. The van der Waals surface area contributed by atoms with Gasteiger partial charge in [-0.05, 0) is 39.1 Å². The molecule has 3 aliphatic rings. The topological polar surface area (TPSA) is 182 Å². The predicted molar refractivity (Wildman–Crippen MR) is 110 cm³/mol. The van der Waals surface area contributed by atoms with Crippen LogP contribution < -0.4 is 5.73 Å². The molecule has 0 saturated heterocycles. The van der Waals surface area contributed by atoms with Gasteiger partial charge in [-0.3, -0.25) is 19.3 Å². The Morgan fingerprint density at radius 2 is 1.78 bits per heavy atom. The number of benzene rings is 1. The number of carbonyl (C=O) groups excluding carboxylic acids is 3. The first-order chi connectivity index (χ1) is 14.8. The van der Waals surface area contributed by atoms with Crippen LogP contribution in [0.25, 0.3) is 5.76 Å². The van der Waals surface area contributed by atoms with E-state index in [0.29, 0.717) is 0 Å². The van der Waals surface area contributed by atoms with Crippen LogP contribution in [0.1, 0.15) is 24.5 Å². The predicted octanol–water partition coefficient (Wildman–Crippen LogP) is -0.371. The van der Waals surface area contributed by atoms with Crippen LogP contribution >= 0.6 is 0 Å². The van der Waals surface area contributed by atoms with Crippen LogP contribution in [-0.2, 0) is 20.0 Å². The smallest absolute Gasteiger partial charge is 0.255 e. The number of likely N-dealkylation sites (N-methyl/N-ethyl adjacent to an activating group) is 1. The summed E-state index contributed by atoms with van der Waals surface area (Å²) in [5.41, 5.74) is -0.548. The molecule has 1 amide bonds. The first-order valence-corrected chi connectivity index (χ1v) is 9.97. The summed E-state index contributed by atoms with van der Waals surface area (Å²) in [6, 6.07) is 3.02. The van der Waals surface area contributed by atoms with Crippen LogP contribution in [-0.4, -0.2) is 73.6 Å². The van der Waals surface area contributed by atoms with Crippen molar-refractivity contribution in [3.63, 3.8) is 0 Å². The molecule has 1 fully saturated rings. The maximum atomic E-state index is 13.7. The second-order valence-electron chi connectivity index (χ2n) is 8.96. The number of phenols is 1. The first kappa shape index (κ1) is 22.0. The maximum Gasteiger partial charge on any atom is 0.255 e. The zero-order chi connectivity index (χ0) is 23.9. The number of phenolic OH excluding ortho intramolecular Hbond substituents is 1. The van der Waals surface area contributed by atoms with Gasteiger partial charge in [0.1, 0.15) is 22.8 Å². The highest BCUT2D eigenvalue weighted by molar-refractivity contribution is 6.24. The number of aromatic hydroxyl groups is 1. The highest BCUT2D eigenvalue weighted by Crippen LogP contribution is 2.57. The average molecular weight is 444 g/mol. The van der Waals surface area contributed by atoms with Crippen LogP contribution in [0.4, 0.5) is 0 Å². The first-order valence-electron chi connectivity index (χ1n) is 9.97. The second kappa shape index (κ2) is 6.64. The molecule has 0 aliphatic heterocycles. The van der Waals surface area contributed by atoms with E-state index in [2.05, 4.69) is 0 Å². The minimum atomic E-state index is -2.75. The third-order valence-corrected chi connectivity index (χ3v) is 7.02. The Morgan fingerprint density at radius 3 is 2.34 bits per heavy atom. The SMILES string of the molecule is CN(C)[C@@H]1C(=O)C(C(N)=O)=C(O)C2(O)C(=O)C3=C(O)c4c(O)cccc4C(C)(O)C3CC12. The van der Waals surface area contributed by atoms with Gasteiger partial charge in [0.05, 0.1) is 17.2 Å². The molecule has 1 saturated carbocycles. The summed E-state index contributed by atoms with van der Waals surface area (Å²) < 4.78 is 0. The molecule has 4 rings (SSSR count). The number of fused-ring (bicyclic) bond motifs is 3. The average Bonchev–Trinajstić information content (AvgIpc) is 2.68. The van der Waals surface area contributed by atoms with E-state index in [-0.39, 0.29) is 17.5 Å². The Bertz CT molecular complexity index is 1150. The molecule has 32 heavy (non-hydrogen) atoms. The van der Waals surface area contributed by atoms with Crippen molar-refractivity contribution >= 4 is 23.2 Å². The van der Waals surface area contributed by atoms with Crippen LogP contribution in [0.3, 0.4) is 0 Å². The molecule has 0 heterocycles. The number of rotatable bonds is 2. The van der Waals surface area contributed by atoms with Gasteiger partial charge in [0.25, 0.3) is 5.91 Å². The number of carbonyl (C=O) groups is 3. The molecule has 3 aliphatic carbocycles. The Hall–Kier alpha value is -3.21. The zero-order valence-corrected chi connectivity index (χ0v) is 17.7. The van der Waals surface area contributed by atoms with Gasteiger partial charge >= 0.3 is 0 Å². The van der Waals surface area contributed by atoms with Gasteiger partial charge in [-0.1, -0.05) is 12.1 Å².